The van der Waals surface area contributed by atoms with Crippen LogP contribution < -0.4 is 5.73 Å². The summed E-state index contributed by atoms with van der Waals surface area (Å²) in [6, 6.07) is 1.50. The van der Waals surface area contributed by atoms with E-state index in [0.29, 0.717) is 19.0 Å². The Balaban J connectivity index is 3.02. The van der Waals surface area contributed by atoms with Gasteiger partial charge in [-0.1, -0.05) is 0 Å². The number of nitrogens with two attached hydrogens (primary N) is 1. The number of halogens is 4. The Labute approximate surface area is 84.9 Å². The summed E-state index contributed by atoms with van der Waals surface area (Å²) in [5, 5.41) is 0. The molecule has 0 spiro atoms. The highest BCUT2D eigenvalue weighted by atomic mass is 19.3. The minimum Gasteiger partial charge on any atom is -0.330 e. The van der Waals surface area contributed by atoms with Gasteiger partial charge in [0.15, 0.2) is 11.6 Å². The molecule has 0 bridgehead atoms. The Bertz CT molecular complexity index is 338. The molecule has 0 fully saturated rings. The van der Waals surface area contributed by atoms with Crippen molar-refractivity contribution in [3.63, 3.8) is 0 Å². The Morgan fingerprint density at radius 3 is 2.40 bits per heavy atom. The molecule has 0 unspecified atom stereocenters. The molecular formula is C10H11F4N. The number of rotatable bonds is 4. The highest BCUT2D eigenvalue weighted by molar-refractivity contribution is 5.27. The van der Waals surface area contributed by atoms with Gasteiger partial charge in [-0.25, -0.2) is 17.6 Å². The first-order valence-electron chi connectivity index (χ1n) is 4.52. The maximum Gasteiger partial charge on any atom is 0.263 e. The Morgan fingerprint density at radius 1 is 1.20 bits per heavy atom. The molecule has 0 atom stereocenters. The molecule has 1 aromatic carbocycles. The average molecular weight is 221 g/mol. The molecule has 0 heterocycles. The summed E-state index contributed by atoms with van der Waals surface area (Å²) >= 11 is 0. The van der Waals surface area contributed by atoms with Gasteiger partial charge < -0.3 is 5.73 Å². The second kappa shape index (κ2) is 5.11. The van der Waals surface area contributed by atoms with Gasteiger partial charge in [0.2, 0.25) is 0 Å². The molecule has 84 valence electrons. The molecule has 0 aliphatic rings. The van der Waals surface area contributed by atoms with E-state index in [1.165, 1.54) is 0 Å². The summed E-state index contributed by atoms with van der Waals surface area (Å²) in [7, 11) is 0. The maximum absolute atomic E-state index is 13.1. The molecule has 0 aromatic heterocycles. The van der Waals surface area contributed by atoms with Crippen molar-refractivity contribution in [1.29, 1.82) is 0 Å². The fourth-order valence-electron chi connectivity index (χ4n) is 1.27. The van der Waals surface area contributed by atoms with E-state index in [2.05, 4.69) is 0 Å². The van der Waals surface area contributed by atoms with Crippen LogP contribution in [-0.2, 0) is 6.42 Å². The van der Waals surface area contributed by atoms with Crippen LogP contribution in [0.25, 0.3) is 0 Å². The molecule has 0 saturated carbocycles. The summed E-state index contributed by atoms with van der Waals surface area (Å²) in [6.07, 6.45) is -2.19. The molecule has 0 saturated heterocycles. The quantitative estimate of drug-likeness (QED) is 0.777. The molecular weight excluding hydrogens is 210 g/mol. The van der Waals surface area contributed by atoms with Crippen LogP contribution in [0.2, 0.25) is 0 Å². The van der Waals surface area contributed by atoms with Crippen LogP contribution in [0.3, 0.4) is 0 Å². The average Bonchev–Trinajstić information content (AvgIpc) is 2.19. The molecule has 0 aliphatic heterocycles. The van der Waals surface area contributed by atoms with E-state index in [1.54, 1.807) is 0 Å². The van der Waals surface area contributed by atoms with Crippen molar-refractivity contribution >= 4 is 0 Å². The fourth-order valence-corrected chi connectivity index (χ4v) is 1.27. The van der Waals surface area contributed by atoms with E-state index in [0.717, 1.165) is 6.07 Å². The summed E-state index contributed by atoms with van der Waals surface area (Å²) < 4.78 is 50.5. The van der Waals surface area contributed by atoms with E-state index in [-0.39, 0.29) is 12.0 Å². The largest absolute Gasteiger partial charge is 0.330 e. The number of alkyl halides is 2. The summed E-state index contributed by atoms with van der Waals surface area (Å²) in [5.41, 5.74) is 4.65. The Kier molecular flexibility index (Phi) is 4.08. The number of benzene rings is 1. The Morgan fingerprint density at radius 2 is 1.87 bits per heavy atom. The zero-order chi connectivity index (χ0) is 11.4. The lowest BCUT2D eigenvalue weighted by Gasteiger charge is -2.06. The molecule has 2 N–H and O–H groups in total. The van der Waals surface area contributed by atoms with Crippen molar-refractivity contribution in [2.24, 2.45) is 5.73 Å². The number of hydrogen-bond acceptors (Lipinski definition) is 1. The van der Waals surface area contributed by atoms with Gasteiger partial charge in [-0.3, -0.25) is 0 Å². The van der Waals surface area contributed by atoms with Crippen molar-refractivity contribution in [2.45, 2.75) is 19.3 Å². The highest BCUT2D eigenvalue weighted by Crippen LogP contribution is 2.24. The SMILES string of the molecule is NCCCc1cc(C(F)F)cc(F)c1F. The van der Waals surface area contributed by atoms with Crippen LogP contribution in [0.15, 0.2) is 12.1 Å². The third kappa shape index (κ3) is 2.92. The minimum absolute atomic E-state index is 0.0456. The van der Waals surface area contributed by atoms with Gasteiger partial charge in [-0.2, -0.15) is 0 Å². The van der Waals surface area contributed by atoms with Crippen LogP contribution in [0, 0.1) is 11.6 Å². The van der Waals surface area contributed by atoms with Crippen LogP contribution >= 0.6 is 0 Å². The van der Waals surface area contributed by atoms with Gasteiger partial charge in [0, 0.05) is 5.56 Å². The van der Waals surface area contributed by atoms with Crippen LogP contribution in [0.5, 0.6) is 0 Å². The second-order valence-electron chi connectivity index (χ2n) is 3.17. The van der Waals surface area contributed by atoms with E-state index < -0.39 is 23.6 Å². The molecule has 1 rings (SSSR count). The lowest BCUT2D eigenvalue weighted by Crippen LogP contribution is -2.04. The van der Waals surface area contributed by atoms with Crippen molar-refractivity contribution in [1.82, 2.24) is 0 Å². The van der Waals surface area contributed by atoms with Gasteiger partial charge in [-0.15, -0.1) is 0 Å². The first-order valence-corrected chi connectivity index (χ1v) is 4.52. The van der Waals surface area contributed by atoms with Gasteiger partial charge in [0.25, 0.3) is 6.43 Å². The van der Waals surface area contributed by atoms with Crippen molar-refractivity contribution in [3.05, 3.63) is 34.9 Å². The third-order valence-corrected chi connectivity index (χ3v) is 2.03. The normalized spacial score (nSPS) is 11.1. The monoisotopic (exact) mass is 221 g/mol. The predicted molar refractivity (Wildman–Crippen MR) is 48.7 cm³/mol. The zero-order valence-corrected chi connectivity index (χ0v) is 7.94. The van der Waals surface area contributed by atoms with Crippen molar-refractivity contribution in [3.8, 4) is 0 Å². The molecule has 15 heavy (non-hydrogen) atoms. The molecule has 1 aromatic rings. The van der Waals surface area contributed by atoms with Crippen LogP contribution in [-0.4, -0.2) is 6.54 Å². The van der Waals surface area contributed by atoms with Gasteiger partial charge in [0.05, 0.1) is 0 Å². The standard InChI is InChI=1S/C10H11F4N/c11-8-5-7(10(13)14)4-6(9(8)12)2-1-3-15/h4-5,10H,1-3,15H2. The first kappa shape index (κ1) is 12.0. The topological polar surface area (TPSA) is 26.0 Å². The molecule has 0 amide bonds. The number of hydrogen-bond donors (Lipinski definition) is 1. The van der Waals surface area contributed by atoms with E-state index in [4.69, 9.17) is 5.73 Å². The van der Waals surface area contributed by atoms with Gasteiger partial charge >= 0.3 is 0 Å². The van der Waals surface area contributed by atoms with E-state index in [9.17, 15) is 17.6 Å². The number of aryl methyl sites for hydroxylation is 1. The van der Waals surface area contributed by atoms with Crippen LogP contribution in [0.4, 0.5) is 17.6 Å². The highest BCUT2D eigenvalue weighted by Gasteiger charge is 2.15. The van der Waals surface area contributed by atoms with Gasteiger partial charge in [0.1, 0.15) is 0 Å². The minimum atomic E-state index is -2.79. The lowest BCUT2D eigenvalue weighted by atomic mass is 10.1. The van der Waals surface area contributed by atoms with Crippen LogP contribution in [0.1, 0.15) is 24.0 Å². The summed E-state index contributed by atoms with van der Waals surface area (Å²) in [6.45, 7) is 0.306. The summed E-state index contributed by atoms with van der Waals surface area (Å²) in [4.78, 5) is 0. The molecule has 1 nitrogen and oxygen atoms in total. The van der Waals surface area contributed by atoms with E-state index >= 15 is 0 Å². The predicted octanol–water partition coefficient (Wildman–Crippen LogP) is 2.79. The molecule has 0 radical (unpaired) electrons. The lowest BCUT2D eigenvalue weighted by molar-refractivity contribution is 0.150. The van der Waals surface area contributed by atoms with E-state index in [1.807, 2.05) is 0 Å². The zero-order valence-electron chi connectivity index (χ0n) is 7.94. The van der Waals surface area contributed by atoms with Gasteiger partial charge in [-0.05, 0) is 37.1 Å². The fraction of sp³-hybridized carbons (Fsp3) is 0.400. The maximum atomic E-state index is 13.1. The van der Waals surface area contributed by atoms with Crippen molar-refractivity contribution in [2.75, 3.05) is 6.54 Å². The molecule has 0 aliphatic carbocycles. The molecule has 5 heteroatoms. The second-order valence-corrected chi connectivity index (χ2v) is 3.17. The van der Waals surface area contributed by atoms with Crippen molar-refractivity contribution < 1.29 is 17.6 Å². The Hall–Kier alpha value is -1.10. The third-order valence-electron chi connectivity index (χ3n) is 2.03. The summed E-state index contributed by atoms with van der Waals surface area (Å²) in [5.74, 6) is -2.30. The smallest absolute Gasteiger partial charge is 0.263 e. The first-order chi connectivity index (χ1) is 7.06.